The minimum absolute atomic E-state index is 0.0681. The van der Waals surface area contributed by atoms with Gasteiger partial charge >= 0.3 is 5.97 Å². The van der Waals surface area contributed by atoms with Gasteiger partial charge in [0.2, 0.25) is 11.8 Å². The van der Waals surface area contributed by atoms with Gasteiger partial charge in [-0.25, -0.2) is 4.98 Å². The van der Waals surface area contributed by atoms with Crippen molar-refractivity contribution in [1.29, 1.82) is 0 Å². The van der Waals surface area contributed by atoms with Gasteiger partial charge in [0.15, 0.2) is 0 Å². The summed E-state index contributed by atoms with van der Waals surface area (Å²) in [7, 11) is 0. The molecule has 1 aromatic rings. The molecule has 1 aromatic heterocycles. The molecule has 112 valence electrons. The third-order valence-corrected chi connectivity index (χ3v) is 3.68. The molecule has 0 saturated heterocycles. The van der Waals surface area contributed by atoms with Gasteiger partial charge in [-0.15, -0.1) is 0 Å². The van der Waals surface area contributed by atoms with E-state index in [2.05, 4.69) is 10.3 Å². The molecular weight excluding hydrogens is 260 g/mol. The van der Waals surface area contributed by atoms with E-state index in [9.17, 15) is 14.7 Å². The van der Waals surface area contributed by atoms with Crippen LogP contribution in [0.4, 0.5) is 0 Å². The lowest BCUT2D eigenvalue weighted by Crippen LogP contribution is -2.39. The maximum atomic E-state index is 11.9. The summed E-state index contributed by atoms with van der Waals surface area (Å²) < 4.78 is 5.37. The molecule has 0 fully saturated rings. The van der Waals surface area contributed by atoms with Gasteiger partial charge in [0.25, 0.3) is 0 Å². The first-order valence-electron chi connectivity index (χ1n) is 6.73. The monoisotopic (exact) mass is 282 g/mol. The van der Waals surface area contributed by atoms with Crippen molar-refractivity contribution in [2.45, 2.75) is 47.1 Å². The van der Waals surface area contributed by atoms with Crippen LogP contribution in [-0.2, 0) is 22.6 Å². The summed E-state index contributed by atoms with van der Waals surface area (Å²) in [6, 6.07) is 0. The van der Waals surface area contributed by atoms with E-state index in [1.54, 1.807) is 27.0 Å². The summed E-state index contributed by atoms with van der Waals surface area (Å²) >= 11 is 0. The SMILES string of the molecule is CCc1cnc(CNC(=O)CC(C)(C(=O)O)C(C)C)o1. The summed E-state index contributed by atoms with van der Waals surface area (Å²) in [5, 5.41) is 11.9. The number of nitrogens with zero attached hydrogens (tertiary/aromatic N) is 1. The van der Waals surface area contributed by atoms with Gasteiger partial charge in [-0.1, -0.05) is 20.8 Å². The minimum Gasteiger partial charge on any atom is -0.481 e. The first-order chi connectivity index (χ1) is 9.29. The number of oxazole rings is 1. The zero-order valence-electron chi connectivity index (χ0n) is 12.4. The fourth-order valence-electron chi connectivity index (χ4n) is 1.69. The molecule has 1 rings (SSSR count). The van der Waals surface area contributed by atoms with E-state index in [0.29, 0.717) is 5.89 Å². The zero-order valence-corrected chi connectivity index (χ0v) is 12.4. The minimum atomic E-state index is -1.07. The van der Waals surface area contributed by atoms with E-state index in [-0.39, 0.29) is 24.8 Å². The van der Waals surface area contributed by atoms with Crippen molar-refractivity contribution in [2.75, 3.05) is 0 Å². The molecule has 20 heavy (non-hydrogen) atoms. The lowest BCUT2D eigenvalue weighted by molar-refractivity contribution is -0.153. The first-order valence-corrected chi connectivity index (χ1v) is 6.73. The fourth-order valence-corrected chi connectivity index (χ4v) is 1.69. The molecule has 0 aromatic carbocycles. The highest BCUT2D eigenvalue weighted by Gasteiger charge is 2.38. The van der Waals surface area contributed by atoms with Gasteiger partial charge in [0.1, 0.15) is 5.76 Å². The van der Waals surface area contributed by atoms with Gasteiger partial charge in [-0.05, 0) is 12.8 Å². The molecule has 6 nitrogen and oxygen atoms in total. The Morgan fingerprint density at radius 3 is 2.60 bits per heavy atom. The maximum absolute atomic E-state index is 11.9. The third kappa shape index (κ3) is 3.82. The van der Waals surface area contributed by atoms with Crippen molar-refractivity contribution < 1.29 is 19.1 Å². The number of aliphatic carboxylic acids is 1. The van der Waals surface area contributed by atoms with Gasteiger partial charge in [-0.2, -0.15) is 0 Å². The maximum Gasteiger partial charge on any atom is 0.310 e. The van der Waals surface area contributed by atoms with Gasteiger partial charge in [0.05, 0.1) is 18.2 Å². The van der Waals surface area contributed by atoms with E-state index < -0.39 is 11.4 Å². The summed E-state index contributed by atoms with van der Waals surface area (Å²) in [5.74, 6) is -0.241. The summed E-state index contributed by atoms with van der Waals surface area (Å²) in [6.07, 6.45) is 2.30. The zero-order chi connectivity index (χ0) is 15.3. The number of aryl methyl sites for hydroxylation is 1. The van der Waals surface area contributed by atoms with Crippen molar-refractivity contribution in [3.63, 3.8) is 0 Å². The average Bonchev–Trinajstić information content (AvgIpc) is 2.83. The van der Waals surface area contributed by atoms with E-state index in [0.717, 1.165) is 12.2 Å². The summed E-state index contributed by atoms with van der Waals surface area (Å²) in [6.45, 7) is 7.29. The van der Waals surface area contributed by atoms with Crippen molar-refractivity contribution in [3.05, 3.63) is 17.8 Å². The Hall–Kier alpha value is -1.85. The first kappa shape index (κ1) is 16.2. The van der Waals surface area contributed by atoms with Crippen LogP contribution in [0.25, 0.3) is 0 Å². The lowest BCUT2D eigenvalue weighted by atomic mass is 9.76. The van der Waals surface area contributed by atoms with Crippen LogP contribution in [-0.4, -0.2) is 22.0 Å². The fraction of sp³-hybridized carbons (Fsp3) is 0.643. The van der Waals surface area contributed by atoms with E-state index in [1.807, 2.05) is 6.92 Å². The lowest BCUT2D eigenvalue weighted by Gasteiger charge is -2.28. The van der Waals surface area contributed by atoms with E-state index >= 15 is 0 Å². The Morgan fingerprint density at radius 1 is 1.50 bits per heavy atom. The number of carbonyl (C=O) groups is 2. The van der Waals surface area contributed by atoms with Crippen LogP contribution in [0.3, 0.4) is 0 Å². The number of carboxylic acids is 1. The molecule has 0 saturated carbocycles. The molecule has 1 unspecified atom stereocenters. The normalized spacial score (nSPS) is 14.1. The summed E-state index contributed by atoms with van der Waals surface area (Å²) in [4.78, 5) is 27.2. The average molecular weight is 282 g/mol. The number of amides is 1. The molecule has 0 spiro atoms. The molecule has 0 aliphatic heterocycles. The van der Waals surface area contributed by atoms with Crippen LogP contribution in [0.15, 0.2) is 10.6 Å². The second-order valence-corrected chi connectivity index (χ2v) is 5.40. The Bertz CT molecular complexity index is 481. The van der Waals surface area contributed by atoms with Crippen molar-refractivity contribution in [1.82, 2.24) is 10.3 Å². The number of nitrogens with one attached hydrogen (secondary N) is 1. The molecule has 2 N–H and O–H groups in total. The number of hydrogen-bond donors (Lipinski definition) is 2. The predicted octanol–water partition coefficient (Wildman–Crippen LogP) is 1.99. The van der Waals surface area contributed by atoms with Crippen LogP contribution >= 0.6 is 0 Å². The molecule has 1 amide bonds. The van der Waals surface area contributed by atoms with Gasteiger partial charge < -0.3 is 14.8 Å². The van der Waals surface area contributed by atoms with Crippen LogP contribution in [0.1, 0.15) is 45.8 Å². The number of carbonyl (C=O) groups excluding carboxylic acids is 1. The van der Waals surface area contributed by atoms with Crippen LogP contribution in [0.2, 0.25) is 0 Å². The molecule has 1 heterocycles. The number of hydrogen-bond acceptors (Lipinski definition) is 4. The Labute approximate surface area is 118 Å². The molecule has 0 radical (unpaired) electrons. The van der Waals surface area contributed by atoms with Crippen LogP contribution < -0.4 is 5.32 Å². The van der Waals surface area contributed by atoms with E-state index in [1.165, 1.54) is 0 Å². The van der Waals surface area contributed by atoms with Gasteiger partial charge in [0, 0.05) is 12.8 Å². The standard InChI is InChI=1S/C14H22N2O4/c1-5-10-7-16-12(20-10)8-15-11(17)6-14(4,9(2)3)13(18)19/h7,9H,5-6,8H2,1-4H3,(H,15,17)(H,18,19). The third-order valence-electron chi connectivity index (χ3n) is 3.68. The molecular formula is C14H22N2O4. The highest BCUT2D eigenvalue weighted by atomic mass is 16.4. The topological polar surface area (TPSA) is 92.4 Å². The summed E-state index contributed by atoms with van der Waals surface area (Å²) in [5.41, 5.74) is -1.07. The quantitative estimate of drug-likeness (QED) is 0.797. The van der Waals surface area contributed by atoms with Crippen molar-refractivity contribution in [3.8, 4) is 0 Å². The van der Waals surface area contributed by atoms with Crippen LogP contribution in [0.5, 0.6) is 0 Å². The Kier molecular flexibility index (Phi) is 5.30. The molecule has 1 atom stereocenters. The number of aromatic nitrogens is 1. The largest absolute Gasteiger partial charge is 0.481 e. The second-order valence-electron chi connectivity index (χ2n) is 5.40. The number of rotatable bonds is 7. The second kappa shape index (κ2) is 6.54. The van der Waals surface area contributed by atoms with Crippen LogP contribution in [0, 0.1) is 11.3 Å². The number of carboxylic acid groups (broad SMARTS) is 1. The molecule has 0 aliphatic carbocycles. The van der Waals surface area contributed by atoms with Crippen molar-refractivity contribution in [2.24, 2.45) is 11.3 Å². The smallest absolute Gasteiger partial charge is 0.310 e. The molecule has 0 aliphatic rings. The highest BCUT2D eigenvalue weighted by molar-refractivity contribution is 5.84. The van der Waals surface area contributed by atoms with Gasteiger partial charge in [-0.3, -0.25) is 9.59 Å². The van der Waals surface area contributed by atoms with E-state index in [4.69, 9.17) is 4.42 Å². The molecule has 0 bridgehead atoms. The molecule has 6 heteroatoms. The Morgan fingerprint density at radius 2 is 2.15 bits per heavy atom. The Balaban J connectivity index is 2.56. The highest BCUT2D eigenvalue weighted by Crippen LogP contribution is 2.31. The predicted molar refractivity (Wildman–Crippen MR) is 72.9 cm³/mol. The van der Waals surface area contributed by atoms with Crippen molar-refractivity contribution >= 4 is 11.9 Å².